The van der Waals surface area contributed by atoms with Crippen molar-refractivity contribution in [3.8, 4) is 0 Å². The smallest absolute Gasteiger partial charge is 0.314 e. The van der Waals surface area contributed by atoms with E-state index in [-0.39, 0.29) is 18.5 Å². The third-order valence-electron chi connectivity index (χ3n) is 2.97. The monoisotopic (exact) mass is 272 g/mol. The van der Waals surface area contributed by atoms with E-state index >= 15 is 0 Å². The fourth-order valence-corrected chi connectivity index (χ4v) is 1.60. The Kier molecular flexibility index (Phi) is 7.25. The summed E-state index contributed by atoms with van der Waals surface area (Å²) in [6.45, 7) is 3.88. The van der Waals surface area contributed by atoms with E-state index in [1.54, 1.807) is 6.92 Å². The third kappa shape index (κ3) is 9.30. The molecule has 1 unspecified atom stereocenters. The van der Waals surface area contributed by atoms with Gasteiger partial charge in [0.15, 0.2) is 0 Å². The van der Waals surface area contributed by atoms with Gasteiger partial charge >= 0.3 is 12.0 Å². The highest BCUT2D eigenvalue weighted by molar-refractivity contribution is 5.74. The molecule has 0 radical (unpaired) electrons. The van der Waals surface area contributed by atoms with Gasteiger partial charge in [-0.05, 0) is 38.5 Å². The van der Waals surface area contributed by atoms with E-state index in [2.05, 4.69) is 10.6 Å². The first kappa shape index (κ1) is 15.8. The van der Waals surface area contributed by atoms with Crippen LogP contribution in [-0.2, 0) is 9.53 Å². The molecule has 1 atom stereocenters. The number of nitrogens with one attached hydrogen (secondary N) is 2. The first-order valence-corrected chi connectivity index (χ1v) is 6.92. The highest BCUT2D eigenvalue weighted by Gasteiger charge is 2.20. The lowest BCUT2D eigenvalue weighted by atomic mass is 10.2. The van der Waals surface area contributed by atoms with E-state index in [1.807, 2.05) is 0 Å². The minimum atomic E-state index is -0.845. The summed E-state index contributed by atoms with van der Waals surface area (Å²) in [7, 11) is 0. The van der Waals surface area contributed by atoms with Gasteiger partial charge in [0.2, 0.25) is 0 Å². The van der Waals surface area contributed by atoms with Gasteiger partial charge in [0, 0.05) is 32.2 Å². The number of carbonyl (C=O) groups excluding carboxylic acids is 1. The van der Waals surface area contributed by atoms with Crippen LogP contribution in [-0.4, -0.2) is 42.9 Å². The number of rotatable bonds is 10. The Morgan fingerprint density at radius 1 is 1.42 bits per heavy atom. The molecule has 6 heteroatoms. The van der Waals surface area contributed by atoms with Crippen LogP contribution in [0.1, 0.15) is 39.0 Å². The standard InChI is InChI=1S/C13H24N2O4/c1-10(3-6-12(16)17)15-13(18)14-7-2-8-19-9-11-4-5-11/h10-11H,2-9H2,1H3,(H,16,17)(H2,14,15,18). The SMILES string of the molecule is CC(CCC(=O)O)NC(=O)NCCCOCC1CC1. The molecule has 0 aromatic heterocycles. The third-order valence-corrected chi connectivity index (χ3v) is 2.97. The number of carboxylic acids is 1. The summed E-state index contributed by atoms with van der Waals surface area (Å²) < 4.78 is 5.45. The fraction of sp³-hybridized carbons (Fsp3) is 0.846. The molecule has 110 valence electrons. The van der Waals surface area contributed by atoms with E-state index in [4.69, 9.17) is 9.84 Å². The Morgan fingerprint density at radius 2 is 2.16 bits per heavy atom. The molecule has 1 aliphatic carbocycles. The summed E-state index contributed by atoms with van der Waals surface area (Å²) in [5.74, 6) is -0.0757. The average Bonchev–Trinajstić information content (AvgIpc) is 3.15. The Bertz CT molecular complexity index is 292. The number of ether oxygens (including phenoxy) is 1. The summed E-state index contributed by atoms with van der Waals surface area (Å²) in [5.41, 5.74) is 0. The Hall–Kier alpha value is -1.30. The van der Waals surface area contributed by atoms with Crippen LogP contribution in [0.2, 0.25) is 0 Å². The molecule has 0 aromatic carbocycles. The first-order chi connectivity index (χ1) is 9.08. The molecule has 6 nitrogen and oxygen atoms in total. The quantitative estimate of drug-likeness (QED) is 0.524. The van der Waals surface area contributed by atoms with E-state index in [0.717, 1.165) is 18.9 Å². The number of hydrogen-bond acceptors (Lipinski definition) is 3. The number of aliphatic carboxylic acids is 1. The second kappa shape index (κ2) is 8.74. The lowest BCUT2D eigenvalue weighted by molar-refractivity contribution is -0.137. The maximum atomic E-state index is 11.4. The minimum absolute atomic E-state index is 0.0659. The second-order valence-electron chi connectivity index (χ2n) is 5.11. The van der Waals surface area contributed by atoms with Crippen molar-refractivity contribution >= 4 is 12.0 Å². The largest absolute Gasteiger partial charge is 0.481 e. The zero-order valence-electron chi connectivity index (χ0n) is 11.5. The molecule has 0 saturated heterocycles. The summed E-state index contributed by atoms with van der Waals surface area (Å²) in [5, 5.41) is 13.9. The van der Waals surface area contributed by atoms with Crippen molar-refractivity contribution in [1.29, 1.82) is 0 Å². The molecule has 19 heavy (non-hydrogen) atoms. The molecule has 0 bridgehead atoms. The van der Waals surface area contributed by atoms with Crippen LogP contribution in [0, 0.1) is 5.92 Å². The molecular weight excluding hydrogens is 248 g/mol. The van der Waals surface area contributed by atoms with Crippen LogP contribution in [0.3, 0.4) is 0 Å². The van der Waals surface area contributed by atoms with Crippen LogP contribution in [0.15, 0.2) is 0 Å². The van der Waals surface area contributed by atoms with Gasteiger partial charge < -0.3 is 20.5 Å². The van der Waals surface area contributed by atoms with Gasteiger partial charge in [-0.1, -0.05) is 0 Å². The lowest BCUT2D eigenvalue weighted by Gasteiger charge is -2.13. The number of urea groups is 1. The van der Waals surface area contributed by atoms with Gasteiger partial charge in [0.1, 0.15) is 0 Å². The maximum absolute atomic E-state index is 11.4. The summed E-state index contributed by atoms with van der Waals surface area (Å²) in [6, 6.07) is -0.387. The van der Waals surface area contributed by atoms with Crippen molar-refractivity contribution in [3.63, 3.8) is 0 Å². The average molecular weight is 272 g/mol. The Labute approximate surface area is 113 Å². The highest BCUT2D eigenvalue weighted by Crippen LogP contribution is 2.28. The second-order valence-corrected chi connectivity index (χ2v) is 5.11. The Morgan fingerprint density at radius 3 is 2.79 bits per heavy atom. The van der Waals surface area contributed by atoms with Crippen LogP contribution < -0.4 is 10.6 Å². The zero-order valence-corrected chi connectivity index (χ0v) is 11.5. The van der Waals surface area contributed by atoms with E-state index in [1.165, 1.54) is 12.8 Å². The van der Waals surface area contributed by atoms with Crippen molar-refractivity contribution < 1.29 is 19.4 Å². The summed E-state index contributed by atoms with van der Waals surface area (Å²) >= 11 is 0. The first-order valence-electron chi connectivity index (χ1n) is 6.92. The number of carboxylic acid groups (broad SMARTS) is 1. The minimum Gasteiger partial charge on any atom is -0.481 e. The van der Waals surface area contributed by atoms with E-state index < -0.39 is 5.97 Å². The maximum Gasteiger partial charge on any atom is 0.314 e. The van der Waals surface area contributed by atoms with Gasteiger partial charge in [-0.25, -0.2) is 4.79 Å². The lowest BCUT2D eigenvalue weighted by Crippen LogP contribution is -2.41. The van der Waals surface area contributed by atoms with Crippen molar-refractivity contribution in [2.75, 3.05) is 19.8 Å². The molecule has 1 saturated carbocycles. The molecular formula is C13H24N2O4. The topological polar surface area (TPSA) is 87.7 Å². The summed E-state index contributed by atoms with van der Waals surface area (Å²) in [4.78, 5) is 21.8. The predicted octanol–water partition coefficient (Wildman–Crippen LogP) is 1.36. The Balaban J connectivity index is 1.89. The molecule has 1 rings (SSSR count). The number of carbonyl (C=O) groups is 2. The normalized spacial score (nSPS) is 15.8. The fourth-order valence-electron chi connectivity index (χ4n) is 1.60. The van der Waals surface area contributed by atoms with Gasteiger partial charge in [-0.3, -0.25) is 4.79 Å². The van der Waals surface area contributed by atoms with Crippen LogP contribution in [0.4, 0.5) is 4.79 Å². The van der Waals surface area contributed by atoms with E-state index in [0.29, 0.717) is 19.6 Å². The molecule has 0 heterocycles. The number of amides is 2. The highest BCUT2D eigenvalue weighted by atomic mass is 16.5. The number of hydrogen-bond donors (Lipinski definition) is 3. The molecule has 3 N–H and O–H groups in total. The van der Waals surface area contributed by atoms with E-state index in [9.17, 15) is 9.59 Å². The molecule has 1 fully saturated rings. The van der Waals surface area contributed by atoms with Gasteiger partial charge in [-0.15, -0.1) is 0 Å². The summed E-state index contributed by atoms with van der Waals surface area (Å²) in [6.07, 6.45) is 3.87. The molecule has 2 amide bonds. The predicted molar refractivity (Wildman–Crippen MR) is 71.0 cm³/mol. The van der Waals surface area contributed by atoms with Gasteiger partial charge in [-0.2, -0.15) is 0 Å². The van der Waals surface area contributed by atoms with Crippen molar-refractivity contribution in [1.82, 2.24) is 10.6 Å². The van der Waals surface area contributed by atoms with Crippen molar-refractivity contribution in [2.45, 2.75) is 45.1 Å². The van der Waals surface area contributed by atoms with Gasteiger partial charge in [0.25, 0.3) is 0 Å². The molecule has 0 aliphatic heterocycles. The van der Waals surface area contributed by atoms with Crippen LogP contribution in [0.25, 0.3) is 0 Å². The molecule has 0 spiro atoms. The van der Waals surface area contributed by atoms with Gasteiger partial charge in [0.05, 0.1) is 0 Å². The molecule has 0 aromatic rings. The zero-order chi connectivity index (χ0) is 14.1. The van der Waals surface area contributed by atoms with Crippen molar-refractivity contribution in [3.05, 3.63) is 0 Å². The van der Waals surface area contributed by atoms with Crippen LogP contribution in [0.5, 0.6) is 0 Å². The molecule has 1 aliphatic rings. The van der Waals surface area contributed by atoms with Crippen LogP contribution >= 0.6 is 0 Å². The van der Waals surface area contributed by atoms with Crippen molar-refractivity contribution in [2.24, 2.45) is 5.92 Å².